The van der Waals surface area contributed by atoms with Crippen LogP contribution in [0.25, 0.3) is 11.0 Å². The first kappa shape index (κ1) is 21.9. The number of ether oxygens (including phenoxy) is 1. The fraction of sp³-hybridized carbons (Fsp3) is 0.364. The molecule has 0 aliphatic rings. The molecular formula is C22H28ClN3O2. The molecule has 0 spiro atoms. The minimum Gasteiger partial charge on any atom is -0.497 e. The second-order valence-corrected chi connectivity index (χ2v) is 6.60. The second kappa shape index (κ2) is 9.71. The summed E-state index contributed by atoms with van der Waals surface area (Å²) < 4.78 is 7.10. The first-order chi connectivity index (χ1) is 13.1. The molecule has 3 aromatic rings. The van der Waals surface area contributed by atoms with Crippen molar-refractivity contribution in [2.75, 3.05) is 20.2 Å². The third-order valence-electron chi connectivity index (χ3n) is 5.11. The number of fused-ring (bicyclic) bond motifs is 1. The van der Waals surface area contributed by atoms with Crippen molar-refractivity contribution in [3.8, 4) is 5.75 Å². The summed E-state index contributed by atoms with van der Waals surface area (Å²) in [6.45, 7) is 8.08. The molecule has 0 saturated heterocycles. The third kappa shape index (κ3) is 4.37. The summed E-state index contributed by atoms with van der Waals surface area (Å²) in [7, 11) is 1.65. The Morgan fingerprint density at radius 3 is 2.32 bits per heavy atom. The summed E-state index contributed by atoms with van der Waals surface area (Å²) in [4.78, 5) is 20.3. The van der Waals surface area contributed by atoms with Gasteiger partial charge in [0.1, 0.15) is 11.4 Å². The van der Waals surface area contributed by atoms with E-state index >= 15 is 0 Å². The van der Waals surface area contributed by atoms with Crippen molar-refractivity contribution in [2.24, 2.45) is 0 Å². The van der Waals surface area contributed by atoms with Crippen LogP contribution in [0.4, 0.5) is 0 Å². The Morgan fingerprint density at radius 1 is 1.07 bits per heavy atom. The Labute approximate surface area is 172 Å². The van der Waals surface area contributed by atoms with Crippen molar-refractivity contribution < 1.29 is 4.74 Å². The fourth-order valence-electron chi connectivity index (χ4n) is 3.54. The summed E-state index contributed by atoms with van der Waals surface area (Å²) >= 11 is 0. The minimum atomic E-state index is -0.0324. The average molecular weight is 402 g/mol. The molecule has 0 amide bonds. The number of hydrogen-bond acceptors (Lipinski definition) is 4. The van der Waals surface area contributed by atoms with Crippen LogP contribution in [-0.2, 0) is 6.42 Å². The number of para-hydroxylation sites is 2. The molecule has 2 aromatic carbocycles. The third-order valence-corrected chi connectivity index (χ3v) is 5.11. The standard InChI is InChI=1S/C22H27N3O2.ClH/c1-5-24(6-2)16(3)25-21-10-8-7-9-19(21)23-20(22(25)26)15-17-11-13-18(27-4)14-12-17;/h7-14,16H,5-6,15H2,1-4H3;1H. The van der Waals surface area contributed by atoms with Crippen molar-refractivity contribution >= 4 is 23.4 Å². The lowest BCUT2D eigenvalue weighted by Crippen LogP contribution is -2.38. The molecule has 6 heteroatoms. The number of rotatable bonds is 7. The van der Waals surface area contributed by atoms with Gasteiger partial charge in [-0.25, -0.2) is 4.98 Å². The maximum atomic E-state index is 13.3. The SMILES string of the molecule is CCN(CC)C(C)n1c(=O)c(Cc2ccc(OC)cc2)nc2ccccc21.Cl. The second-order valence-electron chi connectivity index (χ2n) is 6.60. The molecule has 0 radical (unpaired) electrons. The predicted octanol–water partition coefficient (Wildman–Crippen LogP) is 4.28. The highest BCUT2D eigenvalue weighted by Gasteiger charge is 2.19. The summed E-state index contributed by atoms with van der Waals surface area (Å²) in [6.07, 6.45) is 0.466. The molecule has 28 heavy (non-hydrogen) atoms. The van der Waals surface area contributed by atoms with Crippen LogP contribution in [0, 0.1) is 0 Å². The Balaban J connectivity index is 0.00000280. The van der Waals surface area contributed by atoms with E-state index in [4.69, 9.17) is 4.74 Å². The number of hydrogen-bond donors (Lipinski definition) is 0. The number of benzene rings is 2. The molecule has 0 aliphatic carbocycles. The molecule has 3 rings (SSSR count). The Bertz CT molecular complexity index is 966. The van der Waals surface area contributed by atoms with Gasteiger partial charge in [-0.05, 0) is 49.8 Å². The molecule has 5 nitrogen and oxygen atoms in total. The number of halogens is 1. The first-order valence-electron chi connectivity index (χ1n) is 9.46. The van der Waals surface area contributed by atoms with Crippen LogP contribution in [0.5, 0.6) is 5.75 Å². The van der Waals surface area contributed by atoms with E-state index in [2.05, 4.69) is 30.7 Å². The molecule has 0 saturated carbocycles. The van der Waals surface area contributed by atoms with E-state index in [0.29, 0.717) is 12.1 Å². The maximum absolute atomic E-state index is 13.3. The van der Waals surface area contributed by atoms with E-state index in [1.54, 1.807) is 7.11 Å². The lowest BCUT2D eigenvalue weighted by molar-refractivity contribution is 0.172. The van der Waals surface area contributed by atoms with Crippen LogP contribution >= 0.6 is 12.4 Å². The molecular weight excluding hydrogens is 374 g/mol. The van der Waals surface area contributed by atoms with Gasteiger partial charge >= 0.3 is 0 Å². The molecule has 1 atom stereocenters. The molecule has 0 bridgehead atoms. The van der Waals surface area contributed by atoms with E-state index in [1.807, 2.05) is 53.1 Å². The van der Waals surface area contributed by atoms with Crippen LogP contribution in [0.1, 0.15) is 38.2 Å². The Morgan fingerprint density at radius 2 is 1.71 bits per heavy atom. The van der Waals surface area contributed by atoms with Crippen molar-refractivity contribution in [3.05, 3.63) is 70.1 Å². The zero-order valence-corrected chi connectivity index (χ0v) is 17.7. The van der Waals surface area contributed by atoms with E-state index in [9.17, 15) is 4.79 Å². The lowest BCUT2D eigenvalue weighted by Gasteiger charge is -2.29. The summed E-state index contributed by atoms with van der Waals surface area (Å²) in [5.41, 5.74) is 3.31. The van der Waals surface area contributed by atoms with Crippen LogP contribution in [0.3, 0.4) is 0 Å². The van der Waals surface area contributed by atoms with Gasteiger partial charge in [-0.3, -0.25) is 14.3 Å². The maximum Gasteiger partial charge on any atom is 0.274 e. The molecule has 0 N–H and O–H groups in total. The molecule has 150 valence electrons. The summed E-state index contributed by atoms with van der Waals surface area (Å²) in [5, 5.41) is 0. The van der Waals surface area contributed by atoms with E-state index in [1.165, 1.54) is 0 Å². The van der Waals surface area contributed by atoms with Gasteiger partial charge in [0.2, 0.25) is 0 Å². The average Bonchev–Trinajstić information content (AvgIpc) is 2.70. The lowest BCUT2D eigenvalue weighted by atomic mass is 10.1. The van der Waals surface area contributed by atoms with Gasteiger partial charge in [0.05, 0.1) is 24.3 Å². The van der Waals surface area contributed by atoms with Crippen molar-refractivity contribution in [2.45, 2.75) is 33.4 Å². The molecule has 1 heterocycles. The number of methoxy groups -OCH3 is 1. The van der Waals surface area contributed by atoms with Gasteiger partial charge in [0, 0.05) is 6.42 Å². The van der Waals surface area contributed by atoms with Gasteiger partial charge in [-0.15, -0.1) is 12.4 Å². The zero-order valence-electron chi connectivity index (χ0n) is 16.9. The largest absolute Gasteiger partial charge is 0.497 e. The number of aromatic nitrogens is 2. The Hall–Kier alpha value is -2.37. The predicted molar refractivity (Wildman–Crippen MR) is 117 cm³/mol. The smallest absolute Gasteiger partial charge is 0.274 e. The Kier molecular flexibility index (Phi) is 7.61. The van der Waals surface area contributed by atoms with Crippen molar-refractivity contribution in [1.29, 1.82) is 0 Å². The normalized spacial score (nSPS) is 12.0. The van der Waals surface area contributed by atoms with Crippen LogP contribution in [0.15, 0.2) is 53.3 Å². The summed E-state index contributed by atoms with van der Waals surface area (Å²) in [5.74, 6) is 0.804. The van der Waals surface area contributed by atoms with Gasteiger partial charge in [-0.1, -0.05) is 38.1 Å². The van der Waals surface area contributed by atoms with Crippen LogP contribution < -0.4 is 10.3 Å². The minimum absolute atomic E-state index is 0. The highest BCUT2D eigenvalue weighted by atomic mass is 35.5. The topological polar surface area (TPSA) is 47.4 Å². The van der Waals surface area contributed by atoms with Gasteiger partial charge < -0.3 is 4.74 Å². The van der Waals surface area contributed by atoms with Crippen LogP contribution in [-0.4, -0.2) is 34.7 Å². The molecule has 0 fully saturated rings. The molecule has 1 unspecified atom stereocenters. The number of nitrogens with zero attached hydrogens (tertiary/aromatic N) is 3. The van der Waals surface area contributed by atoms with Crippen LogP contribution in [0.2, 0.25) is 0 Å². The fourth-order valence-corrected chi connectivity index (χ4v) is 3.54. The molecule has 1 aromatic heterocycles. The monoisotopic (exact) mass is 401 g/mol. The van der Waals surface area contributed by atoms with Gasteiger partial charge in [0.15, 0.2) is 0 Å². The zero-order chi connectivity index (χ0) is 19.4. The molecule has 0 aliphatic heterocycles. The quantitative estimate of drug-likeness (QED) is 0.593. The van der Waals surface area contributed by atoms with Crippen molar-refractivity contribution in [1.82, 2.24) is 14.5 Å². The van der Waals surface area contributed by atoms with Gasteiger partial charge in [0.25, 0.3) is 5.56 Å². The highest BCUT2D eigenvalue weighted by Crippen LogP contribution is 2.19. The van der Waals surface area contributed by atoms with E-state index < -0.39 is 0 Å². The summed E-state index contributed by atoms with van der Waals surface area (Å²) in [6, 6.07) is 15.6. The van der Waals surface area contributed by atoms with E-state index in [0.717, 1.165) is 35.4 Å². The van der Waals surface area contributed by atoms with Gasteiger partial charge in [-0.2, -0.15) is 0 Å². The van der Waals surface area contributed by atoms with Crippen molar-refractivity contribution in [3.63, 3.8) is 0 Å². The van der Waals surface area contributed by atoms with E-state index in [-0.39, 0.29) is 24.1 Å². The highest BCUT2D eigenvalue weighted by molar-refractivity contribution is 5.85. The first-order valence-corrected chi connectivity index (χ1v) is 9.46.